The first-order valence-electron chi connectivity index (χ1n) is 7.74. The fourth-order valence-corrected chi connectivity index (χ4v) is 3.49. The van der Waals surface area contributed by atoms with Gasteiger partial charge in [0.25, 0.3) is 10.0 Å². The Bertz CT molecular complexity index is 898. The molecular weight excluding hydrogens is 356 g/mol. The minimum Gasteiger partial charge on any atom is -0.496 e. The predicted octanol–water partition coefficient (Wildman–Crippen LogP) is 2.64. The largest absolute Gasteiger partial charge is 0.496 e. The number of nitrogens with one attached hydrogen (secondary N) is 1. The van der Waals surface area contributed by atoms with Crippen molar-refractivity contribution in [3.63, 3.8) is 0 Å². The molecule has 0 unspecified atom stereocenters. The van der Waals surface area contributed by atoms with Gasteiger partial charge in [0.05, 0.1) is 38.0 Å². The van der Waals surface area contributed by atoms with Crippen molar-refractivity contribution < 1.29 is 22.6 Å². The molecule has 2 aromatic rings. The smallest absolute Gasteiger partial charge is 0.276 e. The van der Waals surface area contributed by atoms with Gasteiger partial charge in [0, 0.05) is 12.1 Å². The Morgan fingerprint density at radius 1 is 0.962 bits per heavy atom. The highest BCUT2D eigenvalue weighted by atomic mass is 32.2. The standard InChI is InChI=1S/C18H22N2O5S/c1-12-6-7-13(2)18(8-12)26(21,22)20-19-11-15-16(24-4)9-14(23-3)10-17(15)25-5/h6-11,20H,1-5H3/b19-11-. The molecule has 0 atom stereocenters. The molecule has 0 fully saturated rings. The third-order valence-electron chi connectivity index (χ3n) is 3.75. The van der Waals surface area contributed by atoms with Crippen molar-refractivity contribution >= 4 is 16.2 Å². The van der Waals surface area contributed by atoms with Crippen LogP contribution < -0.4 is 19.0 Å². The van der Waals surface area contributed by atoms with Gasteiger partial charge in [-0.05, 0) is 31.0 Å². The van der Waals surface area contributed by atoms with Crippen LogP contribution in [0.5, 0.6) is 17.2 Å². The van der Waals surface area contributed by atoms with Gasteiger partial charge in [0.15, 0.2) is 0 Å². The zero-order valence-electron chi connectivity index (χ0n) is 15.4. The molecule has 8 heteroatoms. The number of methoxy groups -OCH3 is 3. The number of sulfonamides is 1. The summed E-state index contributed by atoms with van der Waals surface area (Å²) in [6, 6.07) is 8.52. The summed E-state index contributed by atoms with van der Waals surface area (Å²) in [5, 5.41) is 3.87. The summed E-state index contributed by atoms with van der Waals surface area (Å²) in [5.74, 6) is 1.43. The second-order valence-corrected chi connectivity index (χ2v) is 7.20. The van der Waals surface area contributed by atoms with Crippen molar-refractivity contribution in [1.82, 2.24) is 4.83 Å². The molecule has 1 N–H and O–H groups in total. The first-order chi connectivity index (χ1) is 12.3. The van der Waals surface area contributed by atoms with Crippen LogP contribution in [-0.4, -0.2) is 36.0 Å². The lowest BCUT2D eigenvalue weighted by atomic mass is 10.2. The van der Waals surface area contributed by atoms with Crippen LogP contribution in [0.1, 0.15) is 16.7 Å². The molecule has 0 aromatic heterocycles. The normalized spacial score (nSPS) is 11.4. The van der Waals surface area contributed by atoms with E-state index in [-0.39, 0.29) is 4.90 Å². The van der Waals surface area contributed by atoms with Crippen molar-refractivity contribution in [1.29, 1.82) is 0 Å². The summed E-state index contributed by atoms with van der Waals surface area (Å²) in [6.45, 7) is 3.56. The SMILES string of the molecule is COc1cc(OC)c(/C=N\NS(=O)(=O)c2cc(C)ccc2C)c(OC)c1. The van der Waals surface area contributed by atoms with Crippen LogP contribution in [-0.2, 0) is 10.0 Å². The molecule has 0 amide bonds. The summed E-state index contributed by atoms with van der Waals surface area (Å²) in [7, 11) is 0.722. The minimum absolute atomic E-state index is 0.184. The molecule has 0 saturated carbocycles. The van der Waals surface area contributed by atoms with Gasteiger partial charge in [-0.15, -0.1) is 0 Å². The third kappa shape index (κ3) is 4.26. The minimum atomic E-state index is -3.79. The summed E-state index contributed by atoms with van der Waals surface area (Å²) < 4.78 is 40.8. The van der Waals surface area contributed by atoms with Crippen LogP contribution in [0.25, 0.3) is 0 Å². The number of hydrogen-bond donors (Lipinski definition) is 1. The van der Waals surface area contributed by atoms with Crippen LogP contribution in [0, 0.1) is 13.8 Å². The maximum absolute atomic E-state index is 12.5. The van der Waals surface area contributed by atoms with Crippen molar-refractivity contribution in [2.75, 3.05) is 21.3 Å². The average Bonchev–Trinajstić information content (AvgIpc) is 2.63. The fourth-order valence-electron chi connectivity index (χ4n) is 2.37. The zero-order chi connectivity index (χ0) is 19.3. The van der Waals surface area contributed by atoms with Gasteiger partial charge in [-0.3, -0.25) is 0 Å². The van der Waals surface area contributed by atoms with Crippen molar-refractivity contribution in [3.8, 4) is 17.2 Å². The van der Waals surface area contributed by atoms with Crippen molar-refractivity contribution in [2.45, 2.75) is 18.7 Å². The first-order valence-corrected chi connectivity index (χ1v) is 9.23. The van der Waals surface area contributed by atoms with E-state index in [2.05, 4.69) is 9.93 Å². The van der Waals surface area contributed by atoms with E-state index in [1.165, 1.54) is 27.5 Å². The van der Waals surface area contributed by atoms with Gasteiger partial charge in [-0.2, -0.15) is 13.5 Å². The highest BCUT2D eigenvalue weighted by Gasteiger charge is 2.16. The molecule has 0 spiro atoms. The molecule has 7 nitrogen and oxygen atoms in total. The molecule has 0 aliphatic rings. The van der Waals surface area contributed by atoms with E-state index in [1.54, 1.807) is 31.2 Å². The van der Waals surface area contributed by atoms with Crippen LogP contribution in [0.3, 0.4) is 0 Å². The Morgan fingerprint density at radius 3 is 2.12 bits per heavy atom. The van der Waals surface area contributed by atoms with Crippen molar-refractivity contribution in [2.24, 2.45) is 5.10 Å². The van der Waals surface area contributed by atoms with Gasteiger partial charge in [-0.25, -0.2) is 4.83 Å². The van der Waals surface area contributed by atoms with Crippen LogP contribution >= 0.6 is 0 Å². The summed E-state index contributed by atoms with van der Waals surface area (Å²) in [4.78, 5) is 2.41. The van der Waals surface area contributed by atoms with Gasteiger partial charge >= 0.3 is 0 Å². The number of rotatable bonds is 7. The molecular formula is C18H22N2O5S. The molecule has 0 aliphatic carbocycles. The lowest BCUT2D eigenvalue weighted by Gasteiger charge is -2.12. The van der Waals surface area contributed by atoms with Gasteiger partial charge in [0.2, 0.25) is 0 Å². The van der Waals surface area contributed by atoms with Gasteiger partial charge < -0.3 is 14.2 Å². The Labute approximate surface area is 153 Å². The molecule has 26 heavy (non-hydrogen) atoms. The fraction of sp³-hybridized carbons (Fsp3) is 0.278. The third-order valence-corrected chi connectivity index (χ3v) is 5.12. The monoisotopic (exact) mass is 378 g/mol. The Kier molecular flexibility index (Phi) is 6.10. The zero-order valence-corrected chi connectivity index (χ0v) is 16.2. The molecule has 140 valence electrons. The molecule has 2 rings (SSSR count). The van der Waals surface area contributed by atoms with E-state index in [1.807, 2.05) is 13.0 Å². The van der Waals surface area contributed by atoms with Crippen LogP contribution in [0.15, 0.2) is 40.3 Å². The molecule has 0 bridgehead atoms. The quantitative estimate of drug-likeness (QED) is 0.591. The molecule has 0 radical (unpaired) electrons. The Hall–Kier alpha value is -2.74. The number of aryl methyl sites for hydroxylation is 2. The number of ether oxygens (including phenoxy) is 3. The molecule has 0 saturated heterocycles. The van der Waals surface area contributed by atoms with Crippen LogP contribution in [0.4, 0.5) is 0 Å². The Balaban J connectivity index is 2.34. The predicted molar refractivity (Wildman–Crippen MR) is 99.9 cm³/mol. The van der Waals surface area contributed by atoms with Crippen molar-refractivity contribution in [3.05, 3.63) is 47.0 Å². The molecule has 2 aromatic carbocycles. The number of benzene rings is 2. The summed E-state index contributed by atoms with van der Waals surface area (Å²) in [5.41, 5.74) is 1.97. The van der Waals surface area contributed by atoms with E-state index >= 15 is 0 Å². The van der Waals surface area contributed by atoms with E-state index in [0.717, 1.165) is 5.56 Å². The van der Waals surface area contributed by atoms with E-state index in [9.17, 15) is 8.42 Å². The number of nitrogens with zero attached hydrogens (tertiary/aromatic N) is 1. The van der Waals surface area contributed by atoms with E-state index in [0.29, 0.717) is 28.4 Å². The van der Waals surface area contributed by atoms with Gasteiger partial charge in [0.1, 0.15) is 17.2 Å². The van der Waals surface area contributed by atoms with Gasteiger partial charge in [-0.1, -0.05) is 12.1 Å². The number of hydrogen-bond acceptors (Lipinski definition) is 6. The van der Waals surface area contributed by atoms with E-state index in [4.69, 9.17) is 14.2 Å². The maximum atomic E-state index is 12.5. The maximum Gasteiger partial charge on any atom is 0.276 e. The topological polar surface area (TPSA) is 86.2 Å². The Morgan fingerprint density at radius 2 is 1.58 bits per heavy atom. The molecule has 0 aliphatic heterocycles. The summed E-state index contributed by atoms with van der Waals surface area (Å²) >= 11 is 0. The highest BCUT2D eigenvalue weighted by molar-refractivity contribution is 7.89. The average molecular weight is 378 g/mol. The molecule has 0 heterocycles. The highest BCUT2D eigenvalue weighted by Crippen LogP contribution is 2.32. The number of hydrazone groups is 1. The first kappa shape index (κ1) is 19.6. The van der Waals surface area contributed by atoms with E-state index < -0.39 is 10.0 Å². The summed E-state index contributed by atoms with van der Waals surface area (Å²) in [6.07, 6.45) is 1.33. The second-order valence-electron chi connectivity index (χ2n) is 5.57. The second kappa shape index (κ2) is 8.09. The lowest BCUT2D eigenvalue weighted by Crippen LogP contribution is -2.19. The van der Waals surface area contributed by atoms with Crippen LogP contribution in [0.2, 0.25) is 0 Å². The lowest BCUT2D eigenvalue weighted by molar-refractivity contribution is 0.374.